The molecule has 1 nitrogen and oxygen atoms in total. The molecule has 0 atom stereocenters. The second-order valence-corrected chi connectivity index (χ2v) is 17.8. The van der Waals surface area contributed by atoms with E-state index in [0.717, 1.165) is 5.92 Å². The second kappa shape index (κ2) is 15.6. The lowest BCUT2D eigenvalue weighted by Gasteiger charge is -2.29. The number of fused-ring (bicyclic) bond motifs is 3. The van der Waals surface area contributed by atoms with Crippen molar-refractivity contribution in [2.75, 3.05) is 4.90 Å². The van der Waals surface area contributed by atoms with E-state index in [1.54, 1.807) is 0 Å². The van der Waals surface area contributed by atoms with Gasteiger partial charge in [-0.3, -0.25) is 0 Å². The van der Waals surface area contributed by atoms with E-state index < -0.39 is 0 Å². The van der Waals surface area contributed by atoms with Gasteiger partial charge in [0.15, 0.2) is 0 Å². The molecule has 3 aliphatic carbocycles. The zero-order valence-corrected chi connectivity index (χ0v) is 34.3. The lowest BCUT2D eigenvalue weighted by atomic mass is 9.81. The highest BCUT2D eigenvalue weighted by Crippen LogP contribution is 2.54. The van der Waals surface area contributed by atoms with Crippen LogP contribution in [0.25, 0.3) is 44.5 Å². The molecule has 288 valence electrons. The van der Waals surface area contributed by atoms with Gasteiger partial charge in [-0.2, -0.15) is 0 Å². The van der Waals surface area contributed by atoms with Crippen LogP contribution in [0.2, 0.25) is 0 Å². The number of hydrogen-bond acceptors (Lipinski definition) is 1. The average molecular weight is 754 g/mol. The molecule has 2 fully saturated rings. The van der Waals surface area contributed by atoms with Gasteiger partial charge in [-0.1, -0.05) is 180 Å². The molecule has 7 aromatic rings. The highest BCUT2D eigenvalue weighted by Gasteiger charge is 2.37. The van der Waals surface area contributed by atoms with Gasteiger partial charge in [-0.05, 0) is 141 Å². The summed E-state index contributed by atoms with van der Waals surface area (Å²) in [5.41, 5.74) is 19.6. The molecule has 0 aliphatic heterocycles. The van der Waals surface area contributed by atoms with Crippen LogP contribution in [0.15, 0.2) is 164 Å². The van der Waals surface area contributed by atoms with Crippen molar-refractivity contribution in [3.8, 4) is 44.5 Å². The summed E-state index contributed by atoms with van der Waals surface area (Å²) < 4.78 is 0. The quantitative estimate of drug-likeness (QED) is 0.149. The normalized spacial score (nSPS) is 16.4. The molecule has 10 rings (SSSR count). The predicted molar refractivity (Wildman–Crippen MR) is 247 cm³/mol. The van der Waals surface area contributed by atoms with Crippen LogP contribution >= 0.6 is 0 Å². The maximum absolute atomic E-state index is 2.47. The molecule has 0 heterocycles. The minimum absolute atomic E-state index is 0.135. The van der Waals surface area contributed by atoms with Crippen LogP contribution in [0.4, 0.5) is 17.1 Å². The van der Waals surface area contributed by atoms with Crippen LogP contribution in [0.1, 0.15) is 112 Å². The van der Waals surface area contributed by atoms with Crippen LogP contribution in [0.3, 0.4) is 0 Å². The van der Waals surface area contributed by atoms with Gasteiger partial charge in [0.2, 0.25) is 0 Å². The molecule has 58 heavy (non-hydrogen) atoms. The number of hydrogen-bond donors (Lipinski definition) is 0. The van der Waals surface area contributed by atoms with Crippen molar-refractivity contribution in [3.05, 3.63) is 186 Å². The number of nitrogens with zero attached hydrogens (tertiary/aromatic N) is 1. The van der Waals surface area contributed by atoms with Crippen LogP contribution < -0.4 is 4.90 Å². The van der Waals surface area contributed by atoms with Gasteiger partial charge in [0, 0.05) is 22.5 Å². The fourth-order valence-corrected chi connectivity index (χ4v) is 10.7. The molecule has 0 spiro atoms. The molecule has 3 aliphatic rings. The SMILES string of the molecule is CC1(C)c2cc(N(c3ccc(-c4ccccc4-c4ccc(C5CCCCC5)cc4)cc3)c3ccc(C4CCCCC4)cc3)ccc2-c2c(-c3ccccc3)cccc21. The van der Waals surface area contributed by atoms with E-state index in [4.69, 9.17) is 0 Å². The van der Waals surface area contributed by atoms with Gasteiger partial charge < -0.3 is 4.90 Å². The topological polar surface area (TPSA) is 3.24 Å². The molecular formula is C57H55N. The van der Waals surface area contributed by atoms with Crippen molar-refractivity contribution >= 4 is 17.1 Å². The summed E-state index contributed by atoms with van der Waals surface area (Å²) in [7, 11) is 0. The summed E-state index contributed by atoms with van der Waals surface area (Å²) in [5, 5.41) is 0. The molecule has 0 radical (unpaired) electrons. The highest BCUT2D eigenvalue weighted by molar-refractivity contribution is 5.94. The first-order valence-electron chi connectivity index (χ1n) is 22.1. The molecule has 2 saturated carbocycles. The van der Waals surface area contributed by atoms with Gasteiger partial charge in [0.05, 0.1) is 0 Å². The van der Waals surface area contributed by atoms with E-state index in [9.17, 15) is 0 Å². The summed E-state index contributed by atoms with van der Waals surface area (Å²) >= 11 is 0. The van der Waals surface area contributed by atoms with Crippen LogP contribution in [0.5, 0.6) is 0 Å². The molecular weight excluding hydrogens is 699 g/mol. The smallest absolute Gasteiger partial charge is 0.0465 e. The van der Waals surface area contributed by atoms with Gasteiger partial charge >= 0.3 is 0 Å². The molecule has 0 amide bonds. The van der Waals surface area contributed by atoms with Gasteiger partial charge in [-0.15, -0.1) is 0 Å². The van der Waals surface area contributed by atoms with E-state index in [0.29, 0.717) is 5.92 Å². The molecule has 0 bridgehead atoms. The van der Waals surface area contributed by atoms with Crippen LogP contribution in [-0.4, -0.2) is 0 Å². The Morgan fingerprint density at radius 1 is 0.379 bits per heavy atom. The van der Waals surface area contributed by atoms with E-state index in [2.05, 4.69) is 183 Å². The monoisotopic (exact) mass is 753 g/mol. The first kappa shape index (κ1) is 36.7. The predicted octanol–water partition coefficient (Wildman–Crippen LogP) is 16.6. The van der Waals surface area contributed by atoms with Crippen molar-refractivity contribution in [1.29, 1.82) is 0 Å². The lowest BCUT2D eigenvalue weighted by Crippen LogP contribution is -2.16. The summed E-state index contributed by atoms with van der Waals surface area (Å²) in [6, 6.07) is 62.2. The van der Waals surface area contributed by atoms with Crippen molar-refractivity contribution in [3.63, 3.8) is 0 Å². The van der Waals surface area contributed by atoms with E-state index in [1.165, 1.54) is 148 Å². The maximum Gasteiger partial charge on any atom is 0.0465 e. The first-order valence-corrected chi connectivity index (χ1v) is 22.1. The number of rotatable bonds is 8. The summed E-state index contributed by atoms with van der Waals surface area (Å²) in [6.07, 6.45) is 13.5. The minimum atomic E-state index is -0.135. The Kier molecular flexibility index (Phi) is 9.86. The maximum atomic E-state index is 2.47. The molecule has 0 aromatic heterocycles. The summed E-state index contributed by atoms with van der Waals surface area (Å²) in [5.74, 6) is 1.40. The fraction of sp³-hybridized carbons (Fsp3) is 0.263. The largest absolute Gasteiger partial charge is 0.310 e. The minimum Gasteiger partial charge on any atom is -0.310 e. The van der Waals surface area contributed by atoms with Crippen molar-refractivity contribution in [2.45, 2.75) is 95.3 Å². The molecule has 0 N–H and O–H groups in total. The van der Waals surface area contributed by atoms with Gasteiger partial charge in [-0.25, -0.2) is 0 Å². The van der Waals surface area contributed by atoms with Crippen molar-refractivity contribution < 1.29 is 0 Å². The van der Waals surface area contributed by atoms with E-state index >= 15 is 0 Å². The number of anilines is 3. The lowest BCUT2D eigenvalue weighted by molar-refractivity contribution is 0.443. The molecule has 7 aromatic carbocycles. The Balaban J connectivity index is 1.03. The third-order valence-corrected chi connectivity index (χ3v) is 13.9. The summed E-state index contributed by atoms with van der Waals surface area (Å²) in [6.45, 7) is 4.80. The average Bonchev–Trinajstić information content (AvgIpc) is 3.53. The Morgan fingerprint density at radius 3 is 1.43 bits per heavy atom. The number of benzene rings is 7. The zero-order valence-electron chi connectivity index (χ0n) is 34.3. The standard InChI is InChI=1S/C57H55N/c1-57(2)54-24-14-23-52(44-19-10-5-11-20-44)56(54)53-38-37-49(39-55(53)57)58(47-33-29-43(30-34-47)41-17-8-4-9-18-41)48-35-31-46(32-36-48)51-22-13-12-21-50(51)45-27-25-42(26-28-45)40-15-6-3-7-16-40/h5,10-14,19-41H,3-4,6-9,15-18H2,1-2H3. The first-order chi connectivity index (χ1) is 28.5. The molecule has 1 heteroatoms. The third-order valence-electron chi connectivity index (χ3n) is 13.9. The Morgan fingerprint density at radius 2 is 0.845 bits per heavy atom. The Labute approximate surface area is 346 Å². The van der Waals surface area contributed by atoms with Crippen molar-refractivity contribution in [1.82, 2.24) is 0 Å². The zero-order chi connectivity index (χ0) is 39.1. The van der Waals surface area contributed by atoms with E-state index in [1.807, 2.05) is 0 Å². The second-order valence-electron chi connectivity index (χ2n) is 17.8. The van der Waals surface area contributed by atoms with Crippen LogP contribution in [0, 0.1) is 0 Å². The van der Waals surface area contributed by atoms with Gasteiger partial charge in [0.1, 0.15) is 0 Å². The Hall–Kier alpha value is -5.66. The van der Waals surface area contributed by atoms with Crippen LogP contribution in [-0.2, 0) is 5.41 Å². The Bertz CT molecular complexity index is 2510. The highest BCUT2D eigenvalue weighted by atomic mass is 15.1. The fourth-order valence-electron chi connectivity index (χ4n) is 10.7. The molecule has 0 unspecified atom stereocenters. The van der Waals surface area contributed by atoms with Crippen molar-refractivity contribution in [2.24, 2.45) is 0 Å². The van der Waals surface area contributed by atoms with Gasteiger partial charge in [0.25, 0.3) is 0 Å². The third kappa shape index (κ3) is 6.79. The summed E-state index contributed by atoms with van der Waals surface area (Å²) in [4.78, 5) is 2.47. The van der Waals surface area contributed by atoms with E-state index in [-0.39, 0.29) is 5.41 Å². The molecule has 0 saturated heterocycles.